The van der Waals surface area contributed by atoms with Gasteiger partial charge in [0.1, 0.15) is 0 Å². The minimum atomic E-state index is 0.574. The van der Waals surface area contributed by atoms with Crippen molar-refractivity contribution in [2.75, 3.05) is 0 Å². The average Bonchev–Trinajstić information content (AvgIpc) is 2.67. The number of halogens is 2. The van der Waals surface area contributed by atoms with Gasteiger partial charge in [-0.25, -0.2) is 0 Å². The smallest absolute Gasteiger partial charge is 0.0482 e. The van der Waals surface area contributed by atoms with E-state index in [0.29, 0.717) is 5.88 Å². The summed E-state index contributed by atoms with van der Waals surface area (Å²) in [6.45, 7) is 0. The van der Waals surface area contributed by atoms with Crippen molar-refractivity contribution in [3.05, 3.63) is 46.3 Å². The Kier molecular flexibility index (Phi) is 3.12. The van der Waals surface area contributed by atoms with Gasteiger partial charge in [0.15, 0.2) is 0 Å². The minimum Gasteiger partial charge on any atom is -0.143 e. The average molecular weight is 243 g/mol. The van der Waals surface area contributed by atoms with Gasteiger partial charge in [-0.3, -0.25) is 0 Å². The molecule has 0 nitrogen and oxygen atoms in total. The predicted octanol–water partition coefficient (Wildman–Crippen LogP) is 4.81. The van der Waals surface area contributed by atoms with E-state index in [4.69, 9.17) is 23.2 Å². The van der Waals surface area contributed by atoms with Crippen LogP contribution in [0.3, 0.4) is 0 Å². The third-order valence-electron chi connectivity index (χ3n) is 1.94. The first-order valence-electron chi connectivity index (χ1n) is 4.19. The van der Waals surface area contributed by atoms with E-state index in [1.807, 2.05) is 24.3 Å². The standard InChI is InChI=1S/C11H8Cl2S/c12-6-8-5-11(14-7-8)9-1-3-10(13)4-2-9/h1-5,7H,6H2. The maximum absolute atomic E-state index is 5.81. The summed E-state index contributed by atoms with van der Waals surface area (Å²) in [7, 11) is 0. The molecule has 1 aromatic carbocycles. The molecule has 1 aromatic heterocycles. The molecule has 0 bridgehead atoms. The molecule has 0 aliphatic carbocycles. The van der Waals surface area contributed by atoms with Crippen LogP contribution >= 0.6 is 34.5 Å². The molecule has 0 N–H and O–H groups in total. The monoisotopic (exact) mass is 242 g/mol. The molecule has 0 unspecified atom stereocenters. The van der Waals surface area contributed by atoms with E-state index in [-0.39, 0.29) is 0 Å². The van der Waals surface area contributed by atoms with Gasteiger partial charge in [-0.15, -0.1) is 22.9 Å². The first-order valence-corrected chi connectivity index (χ1v) is 5.98. The number of hydrogen-bond donors (Lipinski definition) is 0. The Morgan fingerprint density at radius 1 is 1.14 bits per heavy atom. The third-order valence-corrected chi connectivity index (χ3v) is 3.53. The molecule has 2 aromatic rings. The summed E-state index contributed by atoms with van der Waals surface area (Å²) >= 11 is 13.3. The molecule has 3 heteroatoms. The summed E-state index contributed by atoms with van der Waals surface area (Å²) in [5.74, 6) is 0.574. The topological polar surface area (TPSA) is 0 Å². The zero-order valence-electron chi connectivity index (χ0n) is 7.34. The van der Waals surface area contributed by atoms with Gasteiger partial charge in [0.05, 0.1) is 0 Å². The number of rotatable bonds is 2. The van der Waals surface area contributed by atoms with Crippen LogP contribution in [0.2, 0.25) is 5.02 Å². The van der Waals surface area contributed by atoms with Crippen LogP contribution in [0, 0.1) is 0 Å². The molecule has 0 saturated carbocycles. The van der Waals surface area contributed by atoms with Crippen molar-refractivity contribution < 1.29 is 0 Å². The van der Waals surface area contributed by atoms with Crippen LogP contribution in [0.15, 0.2) is 35.7 Å². The molecule has 14 heavy (non-hydrogen) atoms. The fourth-order valence-electron chi connectivity index (χ4n) is 1.21. The van der Waals surface area contributed by atoms with Crippen LogP contribution in [-0.4, -0.2) is 0 Å². The van der Waals surface area contributed by atoms with Crippen LogP contribution in [0.5, 0.6) is 0 Å². The van der Waals surface area contributed by atoms with Crippen molar-refractivity contribution in [1.29, 1.82) is 0 Å². The van der Waals surface area contributed by atoms with Gasteiger partial charge in [-0.05, 0) is 34.7 Å². The van der Waals surface area contributed by atoms with Crippen LogP contribution in [-0.2, 0) is 5.88 Å². The Hall–Kier alpha value is -0.500. The van der Waals surface area contributed by atoms with Gasteiger partial charge in [0.25, 0.3) is 0 Å². The van der Waals surface area contributed by atoms with E-state index in [1.54, 1.807) is 11.3 Å². The van der Waals surface area contributed by atoms with E-state index in [1.165, 1.54) is 16.0 Å². The van der Waals surface area contributed by atoms with E-state index in [0.717, 1.165) is 5.02 Å². The van der Waals surface area contributed by atoms with Crippen LogP contribution in [0.4, 0.5) is 0 Å². The quantitative estimate of drug-likeness (QED) is 0.664. The maximum Gasteiger partial charge on any atom is 0.0482 e. The largest absolute Gasteiger partial charge is 0.143 e. The minimum absolute atomic E-state index is 0.574. The van der Waals surface area contributed by atoms with E-state index >= 15 is 0 Å². The van der Waals surface area contributed by atoms with Crippen molar-refractivity contribution in [3.8, 4) is 10.4 Å². The van der Waals surface area contributed by atoms with Crippen molar-refractivity contribution in [2.24, 2.45) is 0 Å². The lowest BCUT2D eigenvalue weighted by Crippen LogP contribution is -1.71. The normalized spacial score (nSPS) is 10.4. The summed E-state index contributed by atoms with van der Waals surface area (Å²) in [5.41, 5.74) is 2.36. The van der Waals surface area contributed by atoms with Gasteiger partial charge < -0.3 is 0 Å². The molecule has 1 heterocycles. The van der Waals surface area contributed by atoms with Crippen molar-refractivity contribution in [1.82, 2.24) is 0 Å². The molecule has 0 saturated heterocycles. The molecule has 2 rings (SSSR count). The highest BCUT2D eigenvalue weighted by atomic mass is 35.5. The molecule has 0 aliphatic heterocycles. The molecule has 0 amide bonds. The molecule has 0 fully saturated rings. The number of thiophene rings is 1. The van der Waals surface area contributed by atoms with Crippen LogP contribution in [0.1, 0.15) is 5.56 Å². The third kappa shape index (κ3) is 2.11. The molecular formula is C11H8Cl2S. The lowest BCUT2D eigenvalue weighted by Gasteiger charge is -1.96. The fraction of sp³-hybridized carbons (Fsp3) is 0.0909. The number of alkyl halides is 1. The van der Waals surface area contributed by atoms with Crippen LogP contribution in [0.25, 0.3) is 10.4 Å². The Morgan fingerprint density at radius 3 is 2.43 bits per heavy atom. The highest BCUT2D eigenvalue weighted by Crippen LogP contribution is 2.28. The second kappa shape index (κ2) is 4.35. The fourth-order valence-corrected chi connectivity index (χ4v) is 2.50. The molecule has 0 radical (unpaired) electrons. The number of hydrogen-bond acceptors (Lipinski definition) is 1. The van der Waals surface area contributed by atoms with Gasteiger partial charge in [0, 0.05) is 15.8 Å². The molecule has 72 valence electrons. The summed E-state index contributed by atoms with van der Waals surface area (Å²) in [6.07, 6.45) is 0. The lowest BCUT2D eigenvalue weighted by molar-refractivity contribution is 1.46. The number of benzene rings is 1. The van der Waals surface area contributed by atoms with Crippen molar-refractivity contribution in [2.45, 2.75) is 5.88 Å². The molecule has 0 atom stereocenters. The summed E-state index contributed by atoms with van der Waals surface area (Å²) in [5, 5.41) is 2.85. The van der Waals surface area contributed by atoms with Gasteiger partial charge in [-0.2, -0.15) is 0 Å². The predicted molar refractivity (Wildman–Crippen MR) is 64.3 cm³/mol. The van der Waals surface area contributed by atoms with E-state index < -0.39 is 0 Å². The van der Waals surface area contributed by atoms with Crippen molar-refractivity contribution >= 4 is 34.5 Å². The second-order valence-corrected chi connectivity index (χ2v) is 4.57. The SMILES string of the molecule is ClCc1csc(-c2ccc(Cl)cc2)c1. The molecule has 0 spiro atoms. The van der Waals surface area contributed by atoms with Crippen molar-refractivity contribution in [3.63, 3.8) is 0 Å². The zero-order chi connectivity index (χ0) is 9.97. The summed E-state index contributed by atoms with van der Waals surface area (Å²) in [4.78, 5) is 1.23. The van der Waals surface area contributed by atoms with Gasteiger partial charge in [-0.1, -0.05) is 23.7 Å². The summed E-state index contributed by atoms with van der Waals surface area (Å²) < 4.78 is 0. The highest BCUT2D eigenvalue weighted by molar-refractivity contribution is 7.13. The van der Waals surface area contributed by atoms with Crippen LogP contribution < -0.4 is 0 Å². The second-order valence-electron chi connectivity index (χ2n) is 2.96. The van der Waals surface area contributed by atoms with Gasteiger partial charge >= 0.3 is 0 Å². The Bertz CT molecular complexity index is 417. The molecular weight excluding hydrogens is 235 g/mol. The zero-order valence-corrected chi connectivity index (χ0v) is 9.66. The van der Waals surface area contributed by atoms with E-state index in [2.05, 4.69) is 11.4 Å². The maximum atomic E-state index is 5.81. The molecule has 0 aliphatic rings. The Morgan fingerprint density at radius 2 is 1.86 bits per heavy atom. The summed E-state index contributed by atoms with van der Waals surface area (Å²) in [6, 6.07) is 9.95. The Balaban J connectivity index is 2.34. The van der Waals surface area contributed by atoms with Gasteiger partial charge in [0.2, 0.25) is 0 Å². The Labute approximate surface area is 97.1 Å². The lowest BCUT2D eigenvalue weighted by atomic mass is 10.2. The highest BCUT2D eigenvalue weighted by Gasteiger charge is 2.01. The van der Waals surface area contributed by atoms with E-state index in [9.17, 15) is 0 Å². The first-order chi connectivity index (χ1) is 6.79. The first kappa shape index (κ1) is 10.0.